The van der Waals surface area contributed by atoms with E-state index in [4.69, 9.17) is 0 Å². The predicted molar refractivity (Wildman–Crippen MR) is 71.0 cm³/mol. The highest BCUT2D eigenvalue weighted by Gasteiger charge is 1.96. The Labute approximate surface area is 97.1 Å². The van der Waals surface area contributed by atoms with Gasteiger partial charge in [-0.25, -0.2) is 0 Å². The van der Waals surface area contributed by atoms with Gasteiger partial charge in [0.1, 0.15) is 0 Å². The van der Waals surface area contributed by atoms with E-state index in [-0.39, 0.29) is 0 Å². The highest BCUT2D eigenvalue weighted by atomic mass is 32.2. The monoisotopic (exact) mass is 218 g/mol. The molecule has 0 bridgehead atoms. The van der Waals surface area contributed by atoms with Gasteiger partial charge in [-0.05, 0) is 25.0 Å². The van der Waals surface area contributed by atoms with Gasteiger partial charge in [0, 0.05) is 10.2 Å². The van der Waals surface area contributed by atoms with Crippen LogP contribution in [0.5, 0.6) is 0 Å². The molecule has 0 unspecified atom stereocenters. The Morgan fingerprint density at radius 2 is 1.73 bits per heavy atom. The van der Waals surface area contributed by atoms with Gasteiger partial charge in [0.25, 0.3) is 0 Å². The third-order valence-corrected chi connectivity index (χ3v) is 2.91. The Bertz CT molecular complexity index is 368. The van der Waals surface area contributed by atoms with Gasteiger partial charge in [0.2, 0.25) is 0 Å². The van der Waals surface area contributed by atoms with Crippen molar-refractivity contribution in [3.63, 3.8) is 0 Å². The first-order valence-electron chi connectivity index (χ1n) is 5.26. The molecule has 0 fully saturated rings. The molecule has 0 heterocycles. The number of hydrogen-bond donors (Lipinski definition) is 0. The van der Waals surface area contributed by atoms with Gasteiger partial charge in [0.15, 0.2) is 0 Å². The molecule has 1 heteroatoms. The molecule has 0 N–H and O–H groups in total. The van der Waals surface area contributed by atoms with E-state index in [0.717, 1.165) is 0 Å². The molecule has 0 aromatic heterocycles. The van der Waals surface area contributed by atoms with Crippen molar-refractivity contribution >= 4 is 17.3 Å². The van der Waals surface area contributed by atoms with Crippen molar-refractivity contribution in [1.29, 1.82) is 0 Å². The molecule has 1 aromatic rings. The first kappa shape index (κ1) is 12.2. The zero-order chi connectivity index (χ0) is 11.3. The van der Waals surface area contributed by atoms with Crippen LogP contribution in [0.2, 0.25) is 0 Å². The summed E-state index contributed by atoms with van der Waals surface area (Å²) in [5.74, 6) is 0. The van der Waals surface area contributed by atoms with E-state index in [1.54, 1.807) is 0 Å². The SMILES string of the molecule is CC(=C=C(C)c1ccccc1)SC(C)C. The molecule has 0 nitrogen and oxygen atoms in total. The molecule has 80 valence electrons. The van der Waals surface area contributed by atoms with Crippen LogP contribution in [0.4, 0.5) is 0 Å². The molecule has 0 aliphatic carbocycles. The average molecular weight is 218 g/mol. The maximum absolute atomic E-state index is 3.42. The van der Waals surface area contributed by atoms with Gasteiger partial charge in [-0.2, -0.15) is 0 Å². The van der Waals surface area contributed by atoms with Crippen LogP contribution < -0.4 is 0 Å². The van der Waals surface area contributed by atoms with Crippen molar-refractivity contribution in [3.05, 3.63) is 46.5 Å². The molecule has 0 atom stereocenters. The Balaban J connectivity index is 2.92. The van der Waals surface area contributed by atoms with Crippen molar-refractivity contribution in [1.82, 2.24) is 0 Å². The van der Waals surface area contributed by atoms with Gasteiger partial charge in [0.05, 0.1) is 0 Å². The van der Waals surface area contributed by atoms with Gasteiger partial charge in [-0.15, -0.1) is 17.5 Å². The highest BCUT2D eigenvalue weighted by Crippen LogP contribution is 2.21. The molecule has 0 saturated carbocycles. The minimum atomic E-state index is 0.626. The molecule has 0 aliphatic heterocycles. The summed E-state index contributed by atoms with van der Waals surface area (Å²) >= 11 is 1.86. The summed E-state index contributed by atoms with van der Waals surface area (Å²) in [4.78, 5) is 1.26. The maximum atomic E-state index is 3.42. The Hall–Kier alpha value is -0.910. The fraction of sp³-hybridized carbons (Fsp3) is 0.357. The first-order valence-corrected chi connectivity index (χ1v) is 6.13. The third-order valence-electron chi connectivity index (χ3n) is 1.98. The normalized spacial score (nSPS) is 9.93. The van der Waals surface area contributed by atoms with Gasteiger partial charge in [-0.3, -0.25) is 0 Å². The predicted octanol–water partition coefficient (Wildman–Crippen LogP) is 4.73. The Morgan fingerprint density at radius 1 is 1.13 bits per heavy atom. The summed E-state index contributed by atoms with van der Waals surface area (Å²) in [6.45, 7) is 8.64. The molecule has 1 aromatic carbocycles. The maximum Gasteiger partial charge on any atom is 0.0240 e. The van der Waals surface area contributed by atoms with E-state index in [2.05, 4.69) is 57.7 Å². The van der Waals surface area contributed by atoms with Crippen molar-refractivity contribution in [2.75, 3.05) is 0 Å². The highest BCUT2D eigenvalue weighted by molar-refractivity contribution is 8.03. The van der Waals surface area contributed by atoms with Crippen LogP contribution >= 0.6 is 11.8 Å². The summed E-state index contributed by atoms with van der Waals surface area (Å²) < 4.78 is 0. The van der Waals surface area contributed by atoms with E-state index < -0.39 is 0 Å². The minimum absolute atomic E-state index is 0.626. The standard InChI is InChI=1S/C14H18S/c1-11(2)15-13(4)10-12(3)14-8-6-5-7-9-14/h5-9,11H,1-4H3. The quantitative estimate of drug-likeness (QED) is 0.661. The first-order chi connectivity index (χ1) is 7.09. The molecule has 0 spiro atoms. The molecule has 1 rings (SSSR count). The lowest BCUT2D eigenvalue weighted by Gasteiger charge is -2.02. The molecule has 15 heavy (non-hydrogen) atoms. The molecule has 0 aliphatic rings. The number of benzene rings is 1. The topological polar surface area (TPSA) is 0 Å². The summed E-state index contributed by atoms with van der Waals surface area (Å²) in [6, 6.07) is 10.4. The van der Waals surface area contributed by atoms with Gasteiger partial charge in [-0.1, -0.05) is 44.2 Å². The minimum Gasteiger partial charge on any atom is -0.120 e. The Morgan fingerprint density at radius 3 is 2.27 bits per heavy atom. The molecular weight excluding hydrogens is 200 g/mol. The lowest BCUT2D eigenvalue weighted by Crippen LogP contribution is -1.84. The smallest absolute Gasteiger partial charge is 0.0240 e. The van der Waals surface area contributed by atoms with Crippen LogP contribution in [-0.2, 0) is 0 Å². The number of rotatable bonds is 3. The molecule has 0 radical (unpaired) electrons. The second-order valence-electron chi connectivity index (χ2n) is 3.84. The van der Waals surface area contributed by atoms with Crippen molar-refractivity contribution < 1.29 is 0 Å². The van der Waals surface area contributed by atoms with Crippen LogP contribution in [0, 0.1) is 0 Å². The van der Waals surface area contributed by atoms with E-state index in [1.165, 1.54) is 16.0 Å². The zero-order valence-electron chi connectivity index (χ0n) is 9.87. The lowest BCUT2D eigenvalue weighted by atomic mass is 10.1. The third kappa shape index (κ3) is 4.42. The fourth-order valence-corrected chi connectivity index (χ4v) is 2.33. The van der Waals surface area contributed by atoms with Crippen molar-refractivity contribution in [2.45, 2.75) is 32.9 Å². The second kappa shape index (κ2) is 5.85. The second-order valence-corrected chi connectivity index (χ2v) is 5.63. The summed E-state index contributed by atoms with van der Waals surface area (Å²) in [5, 5.41) is 0.626. The number of allylic oxidation sites excluding steroid dienone is 1. The molecular formula is C14H18S. The van der Waals surface area contributed by atoms with E-state index in [0.29, 0.717) is 5.25 Å². The van der Waals surface area contributed by atoms with Crippen LogP contribution in [0.1, 0.15) is 33.3 Å². The fourth-order valence-electron chi connectivity index (χ4n) is 1.41. The van der Waals surface area contributed by atoms with Crippen LogP contribution in [0.3, 0.4) is 0 Å². The van der Waals surface area contributed by atoms with E-state index in [1.807, 2.05) is 17.8 Å². The van der Waals surface area contributed by atoms with Gasteiger partial charge >= 0.3 is 0 Å². The van der Waals surface area contributed by atoms with Gasteiger partial charge < -0.3 is 0 Å². The summed E-state index contributed by atoms with van der Waals surface area (Å²) in [6.07, 6.45) is 0. The lowest BCUT2D eigenvalue weighted by molar-refractivity contribution is 1.12. The summed E-state index contributed by atoms with van der Waals surface area (Å²) in [7, 11) is 0. The molecule has 0 amide bonds. The van der Waals surface area contributed by atoms with Crippen molar-refractivity contribution in [3.8, 4) is 0 Å². The van der Waals surface area contributed by atoms with Crippen LogP contribution in [-0.4, -0.2) is 5.25 Å². The number of thioether (sulfide) groups is 1. The zero-order valence-corrected chi connectivity index (χ0v) is 10.7. The molecule has 0 saturated heterocycles. The number of hydrogen-bond acceptors (Lipinski definition) is 1. The van der Waals surface area contributed by atoms with Crippen molar-refractivity contribution in [2.24, 2.45) is 0 Å². The van der Waals surface area contributed by atoms with E-state index in [9.17, 15) is 0 Å². The van der Waals surface area contributed by atoms with Crippen LogP contribution in [0.15, 0.2) is 41.0 Å². The average Bonchev–Trinajstić information content (AvgIpc) is 2.17. The van der Waals surface area contributed by atoms with E-state index >= 15 is 0 Å². The summed E-state index contributed by atoms with van der Waals surface area (Å²) in [5.41, 5.74) is 5.88. The Kier molecular flexibility index (Phi) is 4.74. The van der Waals surface area contributed by atoms with Crippen LogP contribution in [0.25, 0.3) is 5.57 Å². The largest absolute Gasteiger partial charge is 0.120 e.